The van der Waals surface area contributed by atoms with Crippen molar-refractivity contribution in [3.8, 4) is 0 Å². The van der Waals surface area contributed by atoms with E-state index in [2.05, 4.69) is 4.98 Å². The van der Waals surface area contributed by atoms with Crippen LogP contribution in [-0.2, 0) is 28.9 Å². The zero-order chi connectivity index (χ0) is 14.2. The van der Waals surface area contributed by atoms with Crippen LogP contribution in [0.5, 0.6) is 0 Å². The van der Waals surface area contributed by atoms with Crippen LogP contribution in [0.2, 0.25) is 0 Å². The molecule has 20 heavy (non-hydrogen) atoms. The molecule has 0 bridgehead atoms. The zero-order valence-electron chi connectivity index (χ0n) is 10.9. The van der Waals surface area contributed by atoms with Gasteiger partial charge in [-0.05, 0) is 11.6 Å². The van der Waals surface area contributed by atoms with Crippen molar-refractivity contribution in [3.05, 3.63) is 48.0 Å². The lowest BCUT2D eigenvalue weighted by Crippen LogP contribution is -2.39. The predicted octanol–water partition coefficient (Wildman–Crippen LogP) is 0.811. The maximum atomic E-state index is 12.5. The van der Waals surface area contributed by atoms with Crippen LogP contribution in [0.1, 0.15) is 11.4 Å². The topological polar surface area (TPSA) is 81.2 Å². The van der Waals surface area contributed by atoms with Gasteiger partial charge in [0.1, 0.15) is 5.82 Å². The molecule has 2 N–H and O–H groups in total. The molecule has 0 saturated heterocycles. The van der Waals surface area contributed by atoms with E-state index in [9.17, 15) is 8.42 Å². The summed E-state index contributed by atoms with van der Waals surface area (Å²) in [5.41, 5.74) is 6.97. The smallest absolute Gasteiger partial charge is 0.218 e. The molecule has 1 aliphatic heterocycles. The predicted molar refractivity (Wildman–Crippen MR) is 76.1 cm³/mol. The van der Waals surface area contributed by atoms with E-state index in [4.69, 9.17) is 5.73 Å². The standard InChI is InChI=1S/C13H16N4O2S/c14-12-4-2-1-3-11(12)10-20(18,19)17-8-7-16-6-5-15-13(16)9-17/h1-6H,7-10,14H2. The van der Waals surface area contributed by atoms with Crippen molar-refractivity contribution in [2.75, 3.05) is 12.3 Å². The number of rotatable bonds is 3. The fourth-order valence-electron chi connectivity index (χ4n) is 2.34. The summed E-state index contributed by atoms with van der Waals surface area (Å²) in [6.07, 6.45) is 3.56. The van der Waals surface area contributed by atoms with Gasteiger partial charge in [-0.25, -0.2) is 13.4 Å². The first-order valence-corrected chi connectivity index (χ1v) is 7.98. The maximum absolute atomic E-state index is 12.5. The highest BCUT2D eigenvalue weighted by atomic mass is 32.2. The van der Waals surface area contributed by atoms with Gasteiger partial charge in [-0.3, -0.25) is 0 Å². The third-order valence-corrected chi connectivity index (χ3v) is 5.27. The van der Waals surface area contributed by atoms with Crippen LogP contribution in [0, 0.1) is 0 Å². The van der Waals surface area contributed by atoms with Gasteiger partial charge < -0.3 is 10.3 Å². The molecule has 0 amide bonds. The van der Waals surface area contributed by atoms with Crippen LogP contribution in [-0.4, -0.2) is 28.8 Å². The van der Waals surface area contributed by atoms with Gasteiger partial charge in [0, 0.05) is 31.2 Å². The van der Waals surface area contributed by atoms with Gasteiger partial charge in [0.05, 0.1) is 12.3 Å². The molecule has 3 rings (SSSR count). The fourth-order valence-corrected chi connectivity index (χ4v) is 3.85. The Morgan fingerprint density at radius 2 is 2.05 bits per heavy atom. The molecule has 0 saturated carbocycles. The van der Waals surface area contributed by atoms with Crippen molar-refractivity contribution >= 4 is 15.7 Å². The summed E-state index contributed by atoms with van der Waals surface area (Å²) in [4.78, 5) is 4.18. The summed E-state index contributed by atoms with van der Waals surface area (Å²) in [5.74, 6) is 0.710. The van der Waals surface area contributed by atoms with Crippen molar-refractivity contribution in [2.45, 2.75) is 18.8 Å². The number of benzene rings is 1. The fraction of sp³-hybridized carbons (Fsp3) is 0.308. The van der Waals surface area contributed by atoms with E-state index in [0.29, 0.717) is 30.9 Å². The lowest BCUT2D eigenvalue weighted by atomic mass is 10.2. The average molecular weight is 292 g/mol. The van der Waals surface area contributed by atoms with Crippen LogP contribution >= 0.6 is 0 Å². The number of imidazole rings is 1. The second-order valence-corrected chi connectivity index (χ2v) is 6.79. The average Bonchev–Trinajstić information content (AvgIpc) is 2.88. The first-order chi connectivity index (χ1) is 9.56. The summed E-state index contributed by atoms with van der Waals surface area (Å²) in [6.45, 7) is 1.43. The summed E-state index contributed by atoms with van der Waals surface area (Å²) >= 11 is 0. The summed E-state index contributed by atoms with van der Waals surface area (Å²) in [6, 6.07) is 7.05. The van der Waals surface area contributed by atoms with Crippen molar-refractivity contribution in [1.82, 2.24) is 13.9 Å². The highest BCUT2D eigenvalue weighted by molar-refractivity contribution is 7.88. The Kier molecular flexibility index (Phi) is 3.23. The molecular formula is C13H16N4O2S. The zero-order valence-corrected chi connectivity index (χ0v) is 11.8. The van der Waals surface area contributed by atoms with Crippen LogP contribution < -0.4 is 5.73 Å². The minimum absolute atomic E-state index is 0.0691. The van der Waals surface area contributed by atoms with Crippen molar-refractivity contribution < 1.29 is 8.42 Å². The Morgan fingerprint density at radius 3 is 2.85 bits per heavy atom. The largest absolute Gasteiger partial charge is 0.398 e. The molecule has 0 radical (unpaired) electrons. The molecule has 0 atom stereocenters. The quantitative estimate of drug-likeness (QED) is 0.849. The van der Waals surface area contributed by atoms with Gasteiger partial charge in [0.15, 0.2) is 0 Å². The number of fused-ring (bicyclic) bond motifs is 1. The Bertz CT molecular complexity index is 723. The lowest BCUT2D eigenvalue weighted by molar-refractivity contribution is 0.335. The van der Waals surface area contributed by atoms with Gasteiger partial charge in [0.2, 0.25) is 10.0 Å². The third-order valence-electron chi connectivity index (χ3n) is 3.50. The van der Waals surface area contributed by atoms with E-state index in [0.717, 1.165) is 5.82 Å². The van der Waals surface area contributed by atoms with Crippen molar-refractivity contribution in [1.29, 1.82) is 0 Å². The molecule has 0 spiro atoms. The number of para-hydroxylation sites is 1. The molecule has 2 aromatic rings. The Balaban J connectivity index is 1.82. The SMILES string of the molecule is Nc1ccccc1CS(=O)(=O)N1CCn2ccnc2C1. The van der Waals surface area contributed by atoms with E-state index in [-0.39, 0.29) is 5.75 Å². The molecule has 106 valence electrons. The van der Waals surface area contributed by atoms with Gasteiger partial charge >= 0.3 is 0 Å². The molecule has 0 unspecified atom stereocenters. The molecule has 7 heteroatoms. The second-order valence-electron chi connectivity index (χ2n) is 4.83. The number of hydrogen-bond donors (Lipinski definition) is 1. The van der Waals surface area contributed by atoms with E-state index >= 15 is 0 Å². The Hall–Kier alpha value is -1.86. The molecule has 0 aliphatic carbocycles. The summed E-state index contributed by atoms with van der Waals surface area (Å²) < 4.78 is 28.4. The maximum Gasteiger partial charge on any atom is 0.218 e. The van der Waals surface area contributed by atoms with Gasteiger partial charge in [0.25, 0.3) is 0 Å². The second kappa shape index (κ2) is 4.92. The first-order valence-electron chi connectivity index (χ1n) is 6.37. The minimum Gasteiger partial charge on any atom is -0.398 e. The Labute approximate surface area is 117 Å². The van der Waals surface area contributed by atoms with E-state index in [1.165, 1.54) is 4.31 Å². The molecule has 0 fully saturated rings. The van der Waals surface area contributed by atoms with E-state index in [1.807, 2.05) is 10.8 Å². The van der Waals surface area contributed by atoms with Crippen LogP contribution in [0.15, 0.2) is 36.7 Å². The van der Waals surface area contributed by atoms with Gasteiger partial charge in [-0.15, -0.1) is 0 Å². The van der Waals surface area contributed by atoms with E-state index < -0.39 is 10.0 Å². The number of sulfonamides is 1. The molecule has 1 aliphatic rings. The van der Waals surface area contributed by atoms with Crippen molar-refractivity contribution in [3.63, 3.8) is 0 Å². The highest BCUT2D eigenvalue weighted by Crippen LogP contribution is 2.20. The summed E-state index contributed by atoms with van der Waals surface area (Å²) in [7, 11) is -3.38. The van der Waals surface area contributed by atoms with Gasteiger partial charge in [-0.2, -0.15) is 4.31 Å². The highest BCUT2D eigenvalue weighted by Gasteiger charge is 2.27. The molecule has 1 aromatic carbocycles. The van der Waals surface area contributed by atoms with Crippen LogP contribution in [0.25, 0.3) is 0 Å². The first kappa shape index (κ1) is 13.1. The monoisotopic (exact) mass is 292 g/mol. The number of nitrogen functional groups attached to an aromatic ring is 1. The summed E-state index contributed by atoms with van der Waals surface area (Å²) in [5, 5.41) is 0. The molecule has 1 aromatic heterocycles. The van der Waals surface area contributed by atoms with Crippen LogP contribution in [0.4, 0.5) is 5.69 Å². The van der Waals surface area contributed by atoms with Gasteiger partial charge in [-0.1, -0.05) is 18.2 Å². The lowest BCUT2D eigenvalue weighted by Gasteiger charge is -2.27. The molecule has 2 heterocycles. The van der Waals surface area contributed by atoms with Crippen molar-refractivity contribution in [2.24, 2.45) is 0 Å². The molecular weight excluding hydrogens is 276 g/mol. The Morgan fingerprint density at radius 1 is 1.25 bits per heavy atom. The normalized spacial score (nSPS) is 16.0. The number of anilines is 1. The van der Waals surface area contributed by atoms with Crippen LogP contribution in [0.3, 0.4) is 0 Å². The number of hydrogen-bond acceptors (Lipinski definition) is 4. The van der Waals surface area contributed by atoms with E-state index in [1.54, 1.807) is 30.5 Å². The molecule has 6 nitrogen and oxygen atoms in total. The number of aromatic nitrogens is 2. The number of nitrogens with two attached hydrogens (primary N) is 1. The number of nitrogens with zero attached hydrogens (tertiary/aromatic N) is 3. The third kappa shape index (κ3) is 2.41. The minimum atomic E-state index is -3.38.